The summed E-state index contributed by atoms with van der Waals surface area (Å²) in [6.07, 6.45) is 5.61. The van der Waals surface area contributed by atoms with Crippen LogP contribution in [-0.2, 0) is 19.9 Å². The second-order valence-corrected chi connectivity index (χ2v) is 4.03. The van der Waals surface area contributed by atoms with E-state index in [0.29, 0.717) is 5.69 Å². The number of anilines is 1. The highest BCUT2D eigenvalue weighted by molar-refractivity contribution is 5.54. The normalized spacial score (nSPS) is 10.5. The Hall–Kier alpha value is -1.97. The molecule has 1 aromatic heterocycles. The van der Waals surface area contributed by atoms with Gasteiger partial charge in [0, 0.05) is 25.9 Å². The predicted molar refractivity (Wildman–Crippen MR) is 68.0 cm³/mol. The molecule has 0 fully saturated rings. The summed E-state index contributed by atoms with van der Waals surface area (Å²) in [6.45, 7) is 0. The number of rotatable bonds is 4. The molecule has 0 aliphatic carbocycles. The molecule has 2 N–H and O–H groups in total. The van der Waals surface area contributed by atoms with E-state index in [-0.39, 0.29) is 0 Å². The first kappa shape index (κ1) is 11.5. The van der Waals surface area contributed by atoms with Crippen molar-refractivity contribution >= 4 is 5.69 Å². The number of nitrogen functional groups attached to an aromatic ring is 1. The van der Waals surface area contributed by atoms with E-state index in [2.05, 4.69) is 4.98 Å². The zero-order valence-corrected chi connectivity index (χ0v) is 10.2. The predicted octanol–water partition coefficient (Wildman–Crippen LogP) is 1.80. The van der Waals surface area contributed by atoms with Crippen molar-refractivity contribution in [2.24, 2.45) is 7.05 Å². The smallest absolute Gasteiger partial charge is 0.141 e. The van der Waals surface area contributed by atoms with Gasteiger partial charge in [0.2, 0.25) is 0 Å². The topological polar surface area (TPSA) is 53.1 Å². The minimum atomic E-state index is 0.685. The molecule has 4 nitrogen and oxygen atoms in total. The quantitative estimate of drug-likeness (QED) is 0.816. The third-order valence-corrected chi connectivity index (χ3v) is 2.85. The summed E-state index contributed by atoms with van der Waals surface area (Å²) in [6, 6.07) is 5.91. The number of benzene rings is 1. The molecule has 2 rings (SSSR count). The molecule has 0 saturated heterocycles. The van der Waals surface area contributed by atoms with E-state index in [1.807, 2.05) is 42.2 Å². The van der Waals surface area contributed by atoms with E-state index < -0.39 is 0 Å². The third-order valence-electron chi connectivity index (χ3n) is 2.85. The Labute approximate surface area is 101 Å². The Morgan fingerprint density at radius 2 is 2.18 bits per heavy atom. The number of imidazole rings is 1. The number of ether oxygens (including phenoxy) is 1. The summed E-state index contributed by atoms with van der Waals surface area (Å²) in [5.74, 6) is 1.81. The van der Waals surface area contributed by atoms with Crippen molar-refractivity contribution in [2.75, 3.05) is 12.8 Å². The van der Waals surface area contributed by atoms with Gasteiger partial charge in [-0.05, 0) is 24.1 Å². The van der Waals surface area contributed by atoms with Crippen LogP contribution in [0, 0.1) is 0 Å². The van der Waals surface area contributed by atoms with Crippen LogP contribution in [0.3, 0.4) is 0 Å². The average molecular weight is 231 g/mol. The van der Waals surface area contributed by atoms with Crippen LogP contribution in [0.15, 0.2) is 30.6 Å². The van der Waals surface area contributed by atoms with Gasteiger partial charge in [-0.3, -0.25) is 0 Å². The molecule has 1 heterocycles. The fraction of sp³-hybridized carbons (Fsp3) is 0.308. The lowest BCUT2D eigenvalue weighted by Crippen LogP contribution is -2.01. The van der Waals surface area contributed by atoms with Gasteiger partial charge in [-0.2, -0.15) is 0 Å². The largest absolute Gasteiger partial charge is 0.495 e. The molecule has 0 aliphatic rings. The number of hydrogen-bond acceptors (Lipinski definition) is 3. The van der Waals surface area contributed by atoms with Gasteiger partial charge in [0.1, 0.15) is 11.6 Å². The van der Waals surface area contributed by atoms with Gasteiger partial charge >= 0.3 is 0 Å². The minimum Gasteiger partial charge on any atom is -0.495 e. The molecule has 0 atom stereocenters. The van der Waals surface area contributed by atoms with E-state index in [0.717, 1.165) is 24.4 Å². The summed E-state index contributed by atoms with van der Waals surface area (Å²) in [4.78, 5) is 4.29. The average Bonchev–Trinajstić information content (AvgIpc) is 2.72. The SMILES string of the molecule is COc1ccc(CCc2nccn2C)cc1N. The Kier molecular flexibility index (Phi) is 3.32. The number of aryl methyl sites for hydroxylation is 3. The van der Waals surface area contributed by atoms with Crippen LogP contribution >= 0.6 is 0 Å². The second-order valence-electron chi connectivity index (χ2n) is 4.03. The van der Waals surface area contributed by atoms with Crippen molar-refractivity contribution < 1.29 is 4.74 Å². The van der Waals surface area contributed by atoms with Crippen LogP contribution in [0.1, 0.15) is 11.4 Å². The minimum absolute atomic E-state index is 0.685. The summed E-state index contributed by atoms with van der Waals surface area (Å²) in [5, 5.41) is 0. The summed E-state index contributed by atoms with van der Waals surface area (Å²) < 4.78 is 7.16. The van der Waals surface area contributed by atoms with Crippen LogP contribution in [0.5, 0.6) is 5.75 Å². The fourth-order valence-corrected chi connectivity index (χ4v) is 1.83. The first-order chi connectivity index (χ1) is 8.20. The van der Waals surface area contributed by atoms with Crippen molar-refractivity contribution in [3.8, 4) is 5.75 Å². The highest BCUT2D eigenvalue weighted by Crippen LogP contribution is 2.22. The number of methoxy groups -OCH3 is 1. The molecule has 90 valence electrons. The zero-order valence-electron chi connectivity index (χ0n) is 10.2. The van der Waals surface area contributed by atoms with Crippen molar-refractivity contribution in [1.29, 1.82) is 0 Å². The van der Waals surface area contributed by atoms with Gasteiger partial charge in [-0.25, -0.2) is 4.98 Å². The number of nitrogens with zero attached hydrogens (tertiary/aromatic N) is 2. The molecule has 17 heavy (non-hydrogen) atoms. The molecule has 2 aromatic rings. The van der Waals surface area contributed by atoms with Crippen molar-refractivity contribution in [1.82, 2.24) is 9.55 Å². The highest BCUT2D eigenvalue weighted by atomic mass is 16.5. The van der Waals surface area contributed by atoms with Gasteiger partial charge in [0.25, 0.3) is 0 Å². The van der Waals surface area contributed by atoms with Crippen LogP contribution < -0.4 is 10.5 Å². The van der Waals surface area contributed by atoms with E-state index in [9.17, 15) is 0 Å². The molecule has 0 spiro atoms. The van der Waals surface area contributed by atoms with Crippen molar-refractivity contribution in [3.63, 3.8) is 0 Å². The molecular formula is C13H17N3O. The molecule has 0 aliphatic heterocycles. The van der Waals surface area contributed by atoms with Crippen LogP contribution in [-0.4, -0.2) is 16.7 Å². The summed E-state index contributed by atoms with van der Waals surface area (Å²) in [5.41, 5.74) is 7.75. The lowest BCUT2D eigenvalue weighted by molar-refractivity contribution is 0.417. The standard InChI is InChI=1S/C13H17N3O/c1-16-8-7-15-13(16)6-4-10-3-5-12(17-2)11(14)9-10/h3,5,7-9H,4,6,14H2,1-2H3. The molecule has 0 radical (unpaired) electrons. The Balaban J connectivity index is 2.05. The maximum atomic E-state index is 5.86. The van der Waals surface area contributed by atoms with Gasteiger partial charge in [0.15, 0.2) is 0 Å². The van der Waals surface area contributed by atoms with E-state index >= 15 is 0 Å². The van der Waals surface area contributed by atoms with Crippen LogP contribution in [0.2, 0.25) is 0 Å². The van der Waals surface area contributed by atoms with Gasteiger partial charge in [0.05, 0.1) is 12.8 Å². The first-order valence-electron chi connectivity index (χ1n) is 5.59. The van der Waals surface area contributed by atoms with Gasteiger partial charge in [-0.15, -0.1) is 0 Å². The van der Waals surface area contributed by atoms with E-state index in [1.54, 1.807) is 7.11 Å². The number of hydrogen-bond donors (Lipinski definition) is 1. The lowest BCUT2D eigenvalue weighted by Gasteiger charge is -2.07. The summed E-state index contributed by atoms with van der Waals surface area (Å²) >= 11 is 0. The second kappa shape index (κ2) is 4.91. The molecule has 1 aromatic carbocycles. The van der Waals surface area contributed by atoms with Crippen LogP contribution in [0.4, 0.5) is 5.69 Å². The van der Waals surface area contributed by atoms with Crippen molar-refractivity contribution in [2.45, 2.75) is 12.8 Å². The Morgan fingerprint density at radius 1 is 1.35 bits per heavy atom. The lowest BCUT2D eigenvalue weighted by atomic mass is 10.1. The monoisotopic (exact) mass is 231 g/mol. The molecule has 0 unspecified atom stereocenters. The Morgan fingerprint density at radius 3 is 2.76 bits per heavy atom. The number of aromatic nitrogens is 2. The van der Waals surface area contributed by atoms with Gasteiger partial charge in [-0.1, -0.05) is 6.07 Å². The maximum absolute atomic E-state index is 5.86. The number of nitrogens with two attached hydrogens (primary N) is 1. The van der Waals surface area contributed by atoms with E-state index in [1.165, 1.54) is 5.56 Å². The summed E-state index contributed by atoms with van der Waals surface area (Å²) in [7, 11) is 3.63. The fourth-order valence-electron chi connectivity index (χ4n) is 1.83. The van der Waals surface area contributed by atoms with Crippen molar-refractivity contribution in [3.05, 3.63) is 42.0 Å². The third kappa shape index (κ3) is 2.58. The molecule has 0 bridgehead atoms. The molecule has 4 heteroatoms. The molecule has 0 amide bonds. The first-order valence-corrected chi connectivity index (χ1v) is 5.59. The molecular weight excluding hydrogens is 214 g/mol. The van der Waals surface area contributed by atoms with Gasteiger partial charge < -0.3 is 15.0 Å². The maximum Gasteiger partial charge on any atom is 0.141 e. The van der Waals surface area contributed by atoms with Crippen LogP contribution in [0.25, 0.3) is 0 Å². The molecule has 0 saturated carbocycles. The Bertz CT molecular complexity index is 505. The van der Waals surface area contributed by atoms with E-state index in [4.69, 9.17) is 10.5 Å². The highest BCUT2D eigenvalue weighted by Gasteiger charge is 2.03. The zero-order chi connectivity index (χ0) is 12.3.